The zero-order chi connectivity index (χ0) is 13.5. The Morgan fingerprint density at radius 3 is 2.67 bits per heavy atom. The van der Waals surface area contributed by atoms with Crippen molar-refractivity contribution in [1.29, 1.82) is 0 Å². The highest BCUT2D eigenvalue weighted by Gasteiger charge is 2.08. The van der Waals surface area contributed by atoms with Crippen LogP contribution in [-0.4, -0.2) is 11.8 Å². The Balaban J connectivity index is 2.70. The Morgan fingerprint density at radius 1 is 1.33 bits per heavy atom. The van der Waals surface area contributed by atoms with Crippen molar-refractivity contribution in [2.75, 3.05) is 5.75 Å². The van der Waals surface area contributed by atoms with Gasteiger partial charge in [0.2, 0.25) is 0 Å². The van der Waals surface area contributed by atoms with Gasteiger partial charge in [0.1, 0.15) is 0 Å². The highest BCUT2D eigenvalue weighted by atomic mass is 79.9. The van der Waals surface area contributed by atoms with Gasteiger partial charge in [-0.1, -0.05) is 42.8 Å². The second-order valence-corrected chi connectivity index (χ2v) is 7.21. The first-order chi connectivity index (χ1) is 8.52. The van der Waals surface area contributed by atoms with Crippen LogP contribution in [0.3, 0.4) is 0 Å². The third-order valence-electron chi connectivity index (χ3n) is 2.99. The van der Waals surface area contributed by atoms with E-state index in [9.17, 15) is 0 Å². The molecule has 0 aliphatic heterocycles. The first-order valence-corrected chi connectivity index (χ1v) is 8.47. The molecule has 0 fully saturated rings. The van der Waals surface area contributed by atoms with Crippen LogP contribution in [0, 0.1) is 5.92 Å². The van der Waals surface area contributed by atoms with Crippen molar-refractivity contribution in [2.45, 2.75) is 51.0 Å². The summed E-state index contributed by atoms with van der Waals surface area (Å²) in [4.78, 5) is 1.38. The molecule has 1 aromatic carbocycles. The molecule has 1 rings (SSSR count). The van der Waals surface area contributed by atoms with E-state index in [0.29, 0.717) is 0 Å². The normalized spacial score (nSPS) is 13.0. The third kappa shape index (κ3) is 5.77. The van der Waals surface area contributed by atoms with Crippen LogP contribution >= 0.6 is 27.7 Å². The fourth-order valence-corrected chi connectivity index (χ4v) is 3.53. The van der Waals surface area contributed by atoms with Gasteiger partial charge in [-0.05, 0) is 48.6 Å². The monoisotopic (exact) mass is 329 g/mol. The van der Waals surface area contributed by atoms with Gasteiger partial charge in [0.25, 0.3) is 0 Å². The molecule has 3 heteroatoms. The fourth-order valence-electron chi connectivity index (χ4n) is 1.66. The minimum atomic E-state index is 0.274. The van der Waals surface area contributed by atoms with Crippen LogP contribution < -0.4 is 5.73 Å². The van der Waals surface area contributed by atoms with E-state index in [1.807, 2.05) is 11.8 Å². The summed E-state index contributed by atoms with van der Waals surface area (Å²) in [6, 6.07) is 6.82. The third-order valence-corrected chi connectivity index (χ3v) is 4.61. The summed E-state index contributed by atoms with van der Waals surface area (Å²) in [7, 11) is 0. The van der Waals surface area contributed by atoms with Crippen LogP contribution in [0.4, 0.5) is 0 Å². The highest BCUT2D eigenvalue weighted by Crippen LogP contribution is 2.28. The largest absolute Gasteiger partial charge is 0.327 e. The molecule has 0 saturated heterocycles. The number of nitrogens with two attached hydrogens (primary N) is 1. The van der Waals surface area contributed by atoms with Crippen LogP contribution in [0.5, 0.6) is 0 Å². The molecule has 0 saturated carbocycles. The van der Waals surface area contributed by atoms with Gasteiger partial charge in [-0.25, -0.2) is 0 Å². The first-order valence-electron chi connectivity index (χ1n) is 6.69. The zero-order valence-corrected chi connectivity index (χ0v) is 14.0. The molecule has 102 valence electrons. The molecule has 1 unspecified atom stereocenters. The number of hydrogen-bond acceptors (Lipinski definition) is 2. The lowest BCUT2D eigenvalue weighted by Crippen LogP contribution is -2.21. The van der Waals surface area contributed by atoms with Gasteiger partial charge >= 0.3 is 0 Å². The highest BCUT2D eigenvalue weighted by molar-refractivity contribution is 9.10. The fraction of sp³-hybridized carbons (Fsp3) is 0.600. The summed E-state index contributed by atoms with van der Waals surface area (Å²) >= 11 is 5.51. The lowest BCUT2D eigenvalue weighted by molar-refractivity contribution is 0.630. The van der Waals surface area contributed by atoms with Crippen molar-refractivity contribution >= 4 is 27.7 Å². The zero-order valence-electron chi connectivity index (χ0n) is 11.6. The van der Waals surface area contributed by atoms with Crippen molar-refractivity contribution < 1.29 is 0 Å². The summed E-state index contributed by atoms with van der Waals surface area (Å²) in [5, 5.41) is 0. The van der Waals surface area contributed by atoms with E-state index in [1.54, 1.807) is 0 Å². The van der Waals surface area contributed by atoms with Gasteiger partial charge in [0, 0.05) is 15.4 Å². The molecule has 0 spiro atoms. The first kappa shape index (κ1) is 16.1. The Labute approximate surface area is 124 Å². The van der Waals surface area contributed by atoms with E-state index in [-0.39, 0.29) is 6.04 Å². The molecule has 0 heterocycles. The summed E-state index contributed by atoms with van der Waals surface area (Å²) in [6.45, 7) is 6.69. The van der Waals surface area contributed by atoms with Crippen molar-refractivity contribution in [3.63, 3.8) is 0 Å². The van der Waals surface area contributed by atoms with Gasteiger partial charge in [-0.3, -0.25) is 0 Å². The molecule has 1 aromatic rings. The molecule has 0 aromatic heterocycles. The SMILES string of the molecule is CCC(N)Cc1ccc(Br)cc1SCCC(C)C. The minimum absolute atomic E-state index is 0.274. The molecule has 0 aliphatic carbocycles. The standard InChI is InChI=1S/C15H24BrNS/c1-4-14(17)9-12-5-6-13(16)10-15(12)18-8-7-11(2)3/h5-6,10-11,14H,4,7-9,17H2,1-3H3. The van der Waals surface area contributed by atoms with E-state index in [4.69, 9.17) is 5.73 Å². The van der Waals surface area contributed by atoms with E-state index in [2.05, 4.69) is 54.9 Å². The summed E-state index contributed by atoms with van der Waals surface area (Å²) in [5.41, 5.74) is 7.46. The van der Waals surface area contributed by atoms with Crippen LogP contribution in [0.15, 0.2) is 27.6 Å². The van der Waals surface area contributed by atoms with E-state index >= 15 is 0 Å². The average Bonchev–Trinajstić information content (AvgIpc) is 2.31. The van der Waals surface area contributed by atoms with E-state index in [1.165, 1.54) is 22.6 Å². The summed E-state index contributed by atoms with van der Waals surface area (Å²) in [6.07, 6.45) is 3.27. The predicted molar refractivity (Wildman–Crippen MR) is 86.3 cm³/mol. The Kier molecular flexibility index (Phi) is 7.35. The van der Waals surface area contributed by atoms with Crippen LogP contribution in [0.25, 0.3) is 0 Å². The van der Waals surface area contributed by atoms with Gasteiger partial charge < -0.3 is 5.73 Å². The maximum Gasteiger partial charge on any atom is 0.0186 e. The lowest BCUT2D eigenvalue weighted by atomic mass is 10.1. The molecule has 0 amide bonds. The van der Waals surface area contributed by atoms with Gasteiger partial charge in [-0.15, -0.1) is 11.8 Å². The molecular weight excluding hydrogens is 306 g/mol. The number of thioether (sulfide) groups is 1. The van der Waals surface area contributed by atoms with Gasteiger partial charge in [0.15, 0.2) is 0 Å². The molecule has 1 atom stereocenters. The molecule has 0 aliphatic rings. The van der Waals surface area contributed by atoms with Crippen molar-refractivity contribution in [1.82, 2.24) is 0 Å². The summed E-state index contributed by atoms with van der Waals surface area (Å²) in [5.74, 6) is 1.95. The predicted octanol–water partition coefficient (Wildman–Crippen LogP) is 4.87. The van der Waals surface area contributed by atoms with Crippen LogP contribution in [0.2, 0.25) is 0 Å². The lowest BCUT2D eigenvalue weighted by Gasteiger charge is -2.14. The van der Waals surface area contributed by atoms with E-state index in [0.717, 1.165) is 23.2 Å². The van der Waals surface area contributed by atoms with Crippen LogP contribution in [-0.2, 0) is 6.42 Å². The number of rotatable bonds is 7. The molecule has 1 nitrogen and oxygen atoms in total. The Hall–Kier alpha value is 0.01000. The molecule has 2 N–H and O–H groups in total. The van der Waals surface area contributed by atoms with Crippen molar-refractivity contribution in [3.05, 3.63) is 28.2 Å². The van der Waals surface area contributed by atoms with Gasteiger partial charge in [-0.2, -0.15) is 0 Å². The van der Waals surface area contributed by atoms with E-state index < -0.39 is 0 Å². The van der Waals surface area contributed by atoms with Crippen molar-refractivity contribution in [3.8, 4) is 0 Å². The molecule has 18 heavy (non-hydrogen) atoms. The number of benzene rings is 1. The second-order valence-electron chi connectivity index (χ2n) is 5.16. The van der Waals surface area contributed by atoms with Gasteiger partial charge in [0.05, 0.1) is 0 Å². The molecule has 0 bridgehead atoms. The topological polar surface area (TPSA) is 26.0 Å². The maximum absolute atomic E-state index is 6.07. The summed E-state index contributed by atoms with van der Waals surface area (Å²) < 4.78 is 1.16. The number of hydrogen-bond donors (Lipinski definition) is 1. The maximum atomic E-state index is 6.07. The quantitative estimate of drug-likeness (QED) is 0.722. The Morgan fingerprint density at radius 2 is 2.06 bits per heavy atom. The smallest absolute Gasteiger partial charge is 0.0186 e. The second kappa shape index (κ2) is 8.23. The molecule has 0 radical (unpaired) electrons. The molecular formula is C15H24BrNS. The van der Waals surface area contributed by atoms with Crippen molar-refractivity contribution in [2.24, 2.45) is 11.7 Å². The minimum Gasteiger partial charge on any atom is -0.327 e. The van der Waals surface area contributed by atoms with Crippen LogP contribution in [0.1, 0.15) is 39.2 Å². The Bertz CT molecular complexity index is 366. The number of halogens is 1. The average molecular weight is 330 g/mol.